The van der Waals surface area contributed by atoms with Crippen LogP contribution in [0.1, 0.15) is 15.9 Å². The van der Waals surface area contributed by atoms with Crippen LogP contribution in [0.2, 0.25) is 0 Å². The number of methoxy groups -OCH3 is 1. The Bertz CT molecular complexity index is 975. The molecule has 8 nitrogen and oxygen atoms in total. The Balaban J connectivity index is 1.76. The lowest BCUT2D eigenvalue weighted by molar-refractivity contribution is 0.0600. The van der Waals surface area contributed by atoms with Crippen LogP contribution >= 0.6 is 0 Å². The van der Waals surface area contributed by atoms with Crippen LogP contribution in [0.4, 0.5) is 5.69 Å². The molecule has 0 bridgehead atoms. The number of rotatable bonds is 9. The lowest BCUT2D eigenvalue weighted by Crippen LogP contribution is -2.49. The molecule has 1 heterocycles. The topological polar surface area (TPSA) is 73.4 Å². The number of esters is 1. The first kappa shape index (κ1) is 24.2. The van der Waals surface area contributed by atoms with Gasteiger partial charge < -0.3 is 9.64 Å². The minimum atomic E-state index is -3.76. The van der Waals surface area contributed by atoms with Crippen molar-refractivity contribution in [1.29, 1.82) is 0 Å². The molecule has 2 aromatic carbocycles. The van der Waals surface area contributed by atoms with Crippen molar-refractivity contribution in [3.63, 3.8) is 0 Å². The molecule has 1 aliphatic rings. The highest BCUT2D eigenvalue weighted by Crippen LogP contribution is 2.23. The van der Waals surface area contributed by atoms with Crippen LogP contribution < -0.4 is 4.31 Å². The Labute approximate surface area is 191 Å². The summed E-state index contributed by atoms with van der Waals surface area (Å²) >= 11 is 0. The Kier molecular flexibility index (Phi) is 8.25. The number of carbonyl (C=O) groups is 1. The molecule has 0 saturated carbocycles. The molecule has 0 radical (unpaired) electrons. The van der Waals surface area contributed by atoms with E-state index in [4.69, 9.17) is 4.74 Å². The maximum Gasteiger partial charge on any atom is 0.337 e. The van der Waals surface area contributed by atoms with Gasteiger partial charge in [0.05, 0.1) is 24.9 Å². The largest absolute Gasteiger partial charge is 0.465 e. The van der Waals surface area contributed by atoms with Gasteiger partial charge in [0.1, 0.15) is 0 Å². The molecule has 0 aliphatic carbocycles. The lowest BCUT2D eigenvalue weighted by atomic mass is 10.1. The van der Waals surface area contributed by atoms with Gasteiger partial charge in [0.25, 0.3) is 0 Å². The molecule has 1 fully saturated rings. The molecule has 0 spiro atoms. The van der Waals surface area contributed by atoms with Gasteiger partial charge in [0.2, 0.25) is 0 Å². The van der Waals surface area contributed by atoms with Gasteiger partial charge in [-0.3, -0.25) is 9.21 Å². The van der Waals surface area contributed by atoms with E-state index in [0.29, 0.717) is 24.3 Å². The molecule has 9 heteroatoms. The van der Waals surface area contributed by atoms with E-state index in [0.717, 1.165) is 31.7 Å². The molecule has 0 unspecified atom stereocenters. The van der Waals surface area contributed by atoms with Crippen LogP contribution in [0.25, 0.3) is 0 Å². The van der Waals surface area contributed by atoms with E-state index in [9.17, 15) is 13.2 Å². The van der Waals surface area contributed by atoms with Crippen molar-refractivity contribution in [3.05, 3.63) is 65.7 Å². The maximum atomic E-state index is 13.5. The number of piperazine rings is 1. The highest BCUT2D eigenvalue weighted by molar-refractivity contribution is 7.90. The molecule has 0 N–H and O–H groups in total. The van der Waals surface area contributed by atoms with E-state index in [1.165, 1.54) is 15.7 Å². The molecule has 0 aromatic heterocycles. The highest BCUT2D eigenvalue weighted by Gasteiger charge is 2.28. The van der Waals surface area contributed by atoms with Crippen molar-refractivity contribution in [1.82, 2.24) is 14.1 Å². The smallest absolute Gasteiger partial charge is 0.337 e. The predicted molar refractivity (Wildman–Crippen MR) is 126 cm³/mol. The van der Waals surface area contributed by atoms with Gasteiger partial charge in [-0.1, -0.05) is 30.3 Å². The van der Waals surface area contributed by atoms with Crippen molar-refractivity contribution < 1.29 is 17.9 Å². The molecule has 1 saturated heterocycles. The summed E-state index contributed by atoms with van der Waals surface area (Å²) in [6.07, 6.45) is 0. The maximum absolute atomic E-state index is 13.5. The monoisotopic (exact) mass is 460 g/mol. The third-order valence-electron chi connectivity index (χ3n) is 5.74. The second-order valence-corrected chi connectivity index (χ2v) is 9.96. The first-order valence-electron chi connectivity index (χ1n) is 10.7. The number of hydrogen-bond acceptors (Lipinski definition) is 6. The number of nitrogens with zero attached hydrogens (tertiary/aromatic N) is 4. The number of likely N-dealkylation sites (N-methyl/N-ethyl adjacent to an activating group) is 2. The minimum absolute atomic E-state index is 0.159. The second kappa shape index (κ2) is 10.9. The van der Waals surface area contributed by atoms with Crippen molar-refractivity contribution >= 4 is 21.9 Å². The minimum Gasteiger partial charge on any atom is -0.465 e. The second-order valence-electron chi connectivity index (χ2n) is 8.00. The van der Waals surface area contributed by atoms with E-state index in [1.54, 1.807) is 43.4 Å². The average molecular weight is 461 g/mol. The first-order chi connectivity index (χ1) is 15.3. The fourth-order valence-corrected chi connectivity index (χ4v) is 4.92. The van der Waals surface area contributed by atoms with Gasteiger partial charge in [-0.2, -0.15) is 12.7 Å². The zero-order valence-electron chi connectivity index (χ0n) is 19.0. The fourth-order valence-electron chi connectivity index (χ4n) is 3.57. The molecule has 32 heavy (non-hydrogen) atoms. The summed E-state index contributed by atoms with van der Waals surface area (Å²) in [6, 6.07) is 15.9. The summed E-state index contributed by atoms with van der Waals surface area (Å²) in [5.74, 6) is -0.423. The normalized spacial score (nSPS) is 15.6. The van der Waals surface area contributed by atoms with Gasteiger partial charge in [0.15, 0.2) is 0 Å². The van der Waals surface area contributed by atoms with Gasteiger partial charge in [-0.25, -0.2) is 4.79 Å². The fraction of sp³-hybridized carbons (Fsp3) is 0.435. The SMILES string of the molecule is COC(=O)c1ccc(CN(c2ccccc2)S(=O)(=O)N(C)CCN2CCN(C)CC2)cc1. The van der Waals surface area contributed by atoms with Crippen molar-refractivity contribution in [2.24, 2.45) is 0 Å². The van der Waals surface area contributed by atoms with E-state index < -0.39 is 16.2 Å². The molecule has 3 rings (SSSR count). The summed E-state index contributed by atoms with van der Waals surface area (Å²) in [5, 5.41) is 0. The van der Waals surface area contributed by atoms with Crippen molar-refractivity contribution in [2.75, 3.05) is 64.8 Å². The van der Waals surface area contributed by atoms with Crippen LogP contribution in [0, 0.1) is 0 Å². The Morgan fingerprint density at radius 1 is 1.00 bits per heavy atom. The van der Waals surface area contributed by atoms with E-state index in [2.05, 4.69) is 16.8 Å². The molecule has 0 atom stereocenters. The highest BCUT2D eigenvalue weighted by atomic mass is 32.2. The Morgan fingerprint density at radius 2 is 1.62 bits per heavy atom. The van der Waals surface area contributed by atoms with Gasteiger partial charge >= 0.3 is 16.2 Å². The number of para-hydroxylation sites is 1. The Morgan fingerprint density at radius 3 is 2.22 bits per heavy atom. The molecule has 2 aromatic rings. The van der Waals surface area contributed by atoms with Gasteiger partial charge in [0, 0.05) is 46.3 Å². The van der Waals surface area contributed by atoms with Crippen LogP contribution in [-0.4, -0.2) is 89.0 Å². The molecule has 0 amide bonds. The Hall–Kier alpha value is -2.46. The summed E-state index contributed by atoms with van der Waals surface area (Å²) < 4.78 is 34.6. The summed E-state index contributed by atoms with van der Waals surface area (Å²) in [6.45, 7) is 5.14. The van der Waals surface area contributed by atoms with E-state index in [-0.39, 0.29) is 6.54 Å². The zero-order valence-corrected chi connectivity index (χ0v) is 19.8. The van der Waals surface area contributed by atoms with Crippen molar-refractivity contribution in [2.45, 2.75) is 6.54 Å². The summed E-state index contributed by atoms with van der Waals surface area (Å²) in [7, 11) is 1.30. The summed E-state index contributed by atoms with van der Waals surface area (Å²) in [4.78, 5) is 16.3. The van der Waals surface area contributed by atoms with Crippen LogP contribution in [-0.2, 0) is 21.5 Å². The lowest BCUT2D eigenvalue weighted by Gasteiger charge is -2.34. The standard InChI is InChI=1S/C23H32N4O4S/c1-24-13-16-26(17-14-24)18-15-25(2)32(29,30)27(22-7-5-4-6-8-22)19-20-9-11-21(12-10-20)23(28)31-3/h4-12H,13-19H2,1-3H3. The average Bonchev–Trinajstić information content (AvgIpc) is 2.82. The zero-order chi connectivity index (χ0) is 23.1. The number of hydrogen-bond donors (Lipinski definition) is 0. The first-order valence-corrected chi connectivity index (χ1v) is 12.1. The van der Waals surface area contributed by atoms with E-state index >= 15 is 0 Å². The van der Waals surface area contributed by atoms with Crippen molar-refractivity contribution in [3.8, 4) is 0 Å². The van der Waals surface area contributed by atoms with Gasteiger partial charge in [-0.05, 0) is 36.9 Å². The third kappa shape index (κ3) is 6.07. The van der Waals surface area contributed by atoms with Crippen LogP contribution in [0.5, 0.6) is 0 Å². The molecule has 174 valence electrons. The van der Waals surface area contributed by atoms with Gasteiger partial charge in [-0.15, -0.1) is 0 Å². The molecule has 1 aliphatic heterocycles. The number of benzene rings is 2. The predicted octanol–water partition coefficient (Wildman–Crippen LogP) is 1.90. The number of ether oxygens (including phenoxy) is 1. The van der Waals surface area contributed by atoms with E-state index in [1.807, 2.05) is 18.2 Å². The molecular formula is C23H32N4O4S. The summed E-state index contributed by atoms with van der Waals surface area (Å²) in [5.41, 5.74) is 1.79. The van der Waals surface area contributed by atoms with Crippen LogP contribution in [0.15, 0.2) is 54.6 Å². The molecular weight excluding hydrogens is 428 g/mol. The van der Waals surface area contributed by atoms with Crippen LogP contribution in [0.3, 0.4) is 0 Å². The quantitative estimate of drug-likeness (QED) is 0.533. The number of carbonyl (C=O) groups excluding carboxylic acids is 1. The third-order valence-corrected chi connectivity index (χ3v) is 7.61. The number of anilines is 1.